The van der Waals surface area contributed by atoms with Crippen molar-refractivity contribution in [2.45, 2.75) is 38.4 Å². The maximum atomic E-state index is 14.2. The predicted octanol–water partition coefficient (Wildman–Crippen LogP) is 3.68. The van der Waals surface area contributed by atoms with Crippen molar-refractivity contribution in [3.05, 3.63) is 58.9 Å². The smallest absolute Gasteiger partial charge is 0.161 e. The highest BCUT2D eigenvalue weighted by Crippen LogP contribution is 2.40. The van der Waals surface area contributed by atoms with Gasteiger partial charge in [0, 0.05) is 24.7 Å². The molecule has 5 heteroatoms. The molecule has 3 rings (SSSR count). The molecule has 0 spiro atoms. The summed E-state index contributed by atoms with van der Waals surface area (Å²) >= 11 is 0. The highest BCUT2D eigenvalue weighted by atomic mass is 19.1. The third kappa shape index (κ3) is 3.55. The molecular weight excluding hydrogens is 331 g/mol. The van der Waals surface area contributed by atoms with Gasteiger partial charge in [-0.05, 0) is 42.2 Å². The monoisotopic (exact) mass is 358 g/mol. The van der Waals surface area contributed by atoms with Gasteiger partial charge in [-0.25, -0.2) is 4.39 Å². The van der Waals surface area contributed by atoms with E-state index in [0.29, 0.717) is 17.9 Å². The van der Waals surface area contributed by atoms with E-state index in [4.69, 9.17) is 15.2 Å². The van der Waals surface area contributed by atoms with Crippen LogP contribution >= 0.6 is 0 Å². The second kappa shape index (κ2) is 8.06. The second-order valence-electron chi connectivity index (χ2n) is 6.73. The van der Waals surface area contributed by atoms with Crippen molar-refractivity contribution in [2.75, 3.05) is 20.8 Å². The Kier molecular flexibility index (Phi) is 5.79. The number of nitrogens with zero attached hydrogens (tertiary/aromatic N) is 1. The lowest BCUT2D eigenvalue weighted by Gasteiger charge is -2.40. The Balaban J connectivity index is 2.00. The van der Waals surface area contributed by atoms with Gasteiger partial charge in [0.2, 0.25) is 0 Å². The molecule has 0 unspecified atom stereocenters. The number of benzene rings is 2. The van der Waals surface area contributed by atoms with Gasteiger partial charge in [0.25, 0.3) is 0 Å². The summed E-state index contributed by atoms with van der Waals surface area (Å²) in [7, 11) is 3.28. The number of methoxy groups -OCH3 is 2. The Hall–Kier alpha value is -2.11. The van der Waals surface area contributed by atoms with Crippen LogP contribution in [0.2, 0.25) is 0 Å². The molecule has 0 aromatic heterocycles. The maximum Gasteiger partial charge on any atom is 0.161 e. The SMILES string of the molecule is CC[C@H](N)[C@@H]1c2cc(OC)c(OC)cc2CCN1Cc1ccccc1F. The van der Waals surface area contributed by atoms with Crippen LogP contribution in [-0.2, 0) is 13.0 Å². The first kappa shape index (κ1) is 18.7. The highest BCUT2D eigenvalue weighted by molar-refractivity contribution is 5.50. The topological polar surface area (TPSA) is 47.7 Å². The summed E-state index contributed by atoms with van der Waals surface area (Å²) in [5, 5.41) is 0. The minimum Gasteiger partial charge on any atom is -0.493 e. The number of hydrogen-bond donors (Lipinski definition) is 1. The zero-order chi connectivity index (χ0) is 18.7. The van der Waals surface area contributed by atoms with Gasteiger partial charge in [-0.1, -0.05) is 25.1 Å². The maximum absolute atomic E-state index is 14.2. The van der Waals surface area contributed by atoms with Gasteiger partial charge in [-0.15, -0.1) is 0 Å². The van der Waals surface area contributed by atoms with E-state index in [0.717, 1.165) is 30.7 Å². The van der Waals surface area contributed by atoms with Crippen LogP contribution in [0.1, 0.15) is 36.1 Å². The standard InChI is InChI=1S/C21H27FN2O2/c1-4-18(23)21-16-12-20(26-3)19(25-2)11-14(16)9-10-24(21)13-15-7-5-6-8-17(15)22/h5-8,11-12,18,21H,4,9-10,13,23H2,1-3H3/t18-,21-/m0/s1. The quantitative estimate of drug-likeness (QED) is 0.856. The molecule has 0 bridgehead atoms. The lowest BCUT2D eigenvalue weighted by atomic mass is 9.86. The molecule has 0 radical (unpaired) electrons. The summed E-state index contributed by atoms with van der Waals surface area (Å²) in [6.45, 7) is 3.45. The number of rotatable bonds is 6. The van der Waals surface area contributed by atoms with Crippen molar-refractivity contribution < 1.29 is 13.9 Å². The number of fused-ring (bicyclic) bond motifs is 1. The summed E-state index contributed by atoms with van der Waals surface area (Å²) in [4.78, 5) is 2.28. The first-order chi connectivity index (χ1) is 12.6. The first-order valence-electron chi connectivity index (χ1n) is 9.06. The van der Waals surface area contributed by atoms with Gasteiger partial charge in [-0.3, -0.25) is 4.90 Å². The molecule has 1 aliphatic heterocycles. The van der Waals surface area contributed by atoms with E-state index in [1.807, 2.05) is 24.3 Å². The molecule has 0 saturated carbocycles. The fraction of sp³-hybridized carbons (Fsp3) is 0.429. The minimum atomic E-state index is -0.172. The molecule has 2 atom stereocenters. The normalized spacial score (nSPS) is 18.3. The molecule has 0 saturated heterocycles. The van der Waals surface area contributed by atoms with Crippen LogP contribution in [0.4, 0.5) is 4.39 Å². The van der Waals surface area contributed by atoms with Gasteiger partial charge in [0.05, 0.1) is 20.3 Å². The third-order valence-corrected chi connectivity index (χ3v) is 5.23. The molecule has 0 aliphatic carbocycles. The molecule has 140 valence electrons. The average Bonchev–Trinajstić information content (AvgIpc) is 2.67. The van der Waals surface area contributed by atoms with E-state index in [-0.39, 0.29) is 17.9 Å². The molecule has 1 heterocycles. The van der Waals surface area contributed by atoms with Crippen molar-refractivity contribution >= 4 is 0 Å². The van der Waals surface area contributed by atoms with Crippen molar-refractivity contribution in [2.24, 2.45) is 5.73 Å². The molecule has 0 amide bonds. The zero-order valence-electron chi connectivity index (χ0n) is 15.7. The van der Waals surface area contributed by atoms with Crippen LogP contribution < -0.4 is 15.2 Å². The largest absolute Gasteiger partial charge is 0.493 e. The van der Waals surface area contributed by atoms with Crippen molar-refractivity contribution in [3.63, 3.8) is 0 Å². The number of halogens is 1. The van der Waals surface area contributed by atoms with Crippen LogP contribution in [0.15, 0.2) is 36.4 Å². The Morgan fingerprint density at radius 3 is 2.54 bits per heavy atom. The number of ether oxygens (including phenoxy) is 2. The Bertz CT molecular complexity index is 766. The fourth-order valence-corrected chi connectivity index (χ4v) is 3.78. The summed E-state index contributed by atoms with van der Waals surface area (Å²) in [6, 6.07) is 11.0. The third-order valence-electron chi connectivity index (χ3n) is 5.23. The number of hydrogen-bond acceptors (Lipinski definition) is 4. The lowest BCUT2D eigenvalue weighted by Crippen LogP contribution is -2.44. The van der Waals surface area contributed by atoms with E-state index in [1.54, 1.807) is 20.3 Å². The van der Waals surface area contributed by atoms with E-state index in [2.05, 4.69) is 11.8 Å². The molecule has 0 fully saturated rings. The number of nitrogens with two attached hydrogens (primary N) is 1. The van der Waals surface area contributed by atoms with Gasteiger partial charge in [-0.2, -0.15) is 0 Å². The van der Waals surface area contributed by atoms with Gasteiger partial charge < -0.3 is 15.2 Å². The highest BCUT2D eigenvalue weighted by Gasteiger charge is 2.33. The fourth-order valence-electron chi connectivity index (χ4n) is 3.78. The molecule has 2 N–H and O–H groups in total. The minimum absolute atomic E-state index is 0.0168. The molecule has 2 aromatic carbocycles. The molecular formula is C21H27FN2O2. The van der Waals surface area contributed by atoms with Gasteiger partial charge >= 0.3 is 0 Å². The first-order valence-corrected chi connectivity index (χ1v) is 9.06. The van der Waals surface area contributed by atoms with Gasteiger partial charge in [0.1, 0.15) is 5.82 Å². The molecule has 4 nitrogen and oxygen atoms in total. The Morgan fingerprint density at radius 1 is 1.19 bits per heavy atom. The average molecular weight is 358 g/mol. The van der Waals surface area contributed by atoms with Gasteiger partial charge in [0.15, 0.2) is 11.5 Å². The van der Waals surface area contributed by atoms with Crippen LogP contribution in [0, 0.1) is 5.82 Å². The Labute approximate surface area is 154 Å². The van der Waals surface area contributed by atoms with E-state index >= 15 is 0 Å². The zero-order valence-corrected chi connectivity index (χ0v) is 15.7. The summed E-state index contributed by atoms with van der Waals surface area (Å²) in [5.41, 5.74) is 9.57. The van der Waals surface area contributed by atoms with Crippen LogP contribution in [-0.4, -0.2) is 31.7 Å². The van der Waals surface area contributed by atoms with E-state index < -0.39 is 0 Å². The van der Waals surface area contributed by atoms with Crippen molar-refractivity contribution in [1.29, 1.82) is 0 Å². The lowest BCUT2D eigenvalue weighted by molar-refractivity contribution is 0.147. The Morgan fingerprint density at radius 2 is 1.88 bits per heavy atom. The van der Waals surface area contributed by atoms with Crippen LogP contribution in [0.25, 0.3) is 0 Å². The van der Waals surface area contributed by atoms with Crippen molar-refractivity contribution in [1.82, 2.24) is 4.90 Å². The predicted molar refractivity (Wildman–Crippen MR) is 101 cm³/mol. The van der Waals surface area contributed by atoms with Crippen LogP contribution in [0.3, 0.4) is 0 Å². The second-order valence-corrected chi connectivity index (χ2v) is 6.73. The summed E-state index contributed by atoms with van der Waals surface area (Å²) in [6.07, 6.45) is 1.71. The molecule has 2 aromatic rings. The van der Waals surface area contributed by atoms with Crippen molar-refractivity contribution in [3.8, 4) is 11.5 Å². The molecule has 1 aliphatic rings. The van der Waals surface area contributed by atoms with Crippen LogP contribution in [0.5, 0.6) is 11.5 Å². The van der Waals surface area contributed by atoms with E-state index in [1.165, 1.54) is 11.6 Å². The van der Waals surface area contributed by atoms with E-state index in [9.17, 15) is 4.39 Å². The molecule has 26 heavy (non-hydrogen) atoms. The summed E-state index contributed by atoms with van der Waals surface area (Å²) in [5.74, 6) is 1.26. The summed E-state index contributed by atoms with van der Waals surface area (Å²) < 4.78 is 25.1.